The third-order valence-electron chi connectivity index (χ3n) is 3.80. The van der Waals surface area contributed by atoms with Gasteiger partial charge in [0, 0.05) is 5.56 Å². The van der Waals surface area contributed by atoms with Gasteiger partial charge in [0.1, 0.15) is 17.9 Å². The summed E-state index contributed by atoms with van der Waals surface area (Å²) < 4.78 is 15.8. The van der Waals surface area contributed by atoms with Crippen LogP contribution in [0.25, 0.3) is 5.57 Å². The topological polar surface area (TPSA) is 44.8 Å². The Morgan fingerprint density at radius 2 is 1.84 bits per heavy atom. The Kier molecular flexibility index (Phi) is 9.15. The van der Waals surface area contributed by atoms with Crippen LogP contribution in [0.5, 0.6) is 5.75 Å². The maximum atomic E-state index is 12.0. The zero-order valence-electron chi connectivity index (χ0n) is 15.8. The quantitative estimate of drug-likeness (QED) is 0.276. The van der Waals surface area contributed by atoms with E-state index in [4.69, 9.17) is 14.2 Å². The van der Waals surface area contributed by atoms with Crippen molar-refractivity contribution in [2.45, 2.75) is 33.6 Å². The van der Waals surface area contributed by atoms with Gasteiger partial charge < -0.3 is 14.2 Å². The molecule has 0 N–H and O–H groups in total. The van der Waals surface area contributed by atoms with Gasteiger partial charge in [-0.1, -0.05) is 35.9 Å². The lowest BCUT2D eigenvalue weighted by Crippen LogP contribution is -2.07. The number of carbonyl (C=O) groups excluding carboxylic acids is 1. The fourth-order valence-electron chi connectivity index (χ4n) is 2.21. The SMILES string of the molecule is C/C=C(\C)CC/C=C(\C)COc1ccccc1/C(=C/OC)C(=O)OC. The minimum absolute atomic E-state index is 0.325. The summed E-state index contributed by atoms with van der Waals surface area (Å²) in [5.74, 6) is 0.153. The fraction of sp³-hybridized carbons (Fsp3) is 0.381. The molecular formula is C21H28O4. The van der Waals surface area contributed by atoms with Crippen molar-refractivity contribution in [3.63, 3.8) is 0 Å². The molecule has 25 heavy (non-hydrogen) atoms. The predicted molar refractivity (Wildman–Crippen MR) is 101 cm³/mol. The van der Waals surface area contributed by atoms with E-state index in [1.807, 2.05) is 31.2 Å². The standard InChI is InChI=1S/C21H28O4/c1-6-16(2)10-9-11-17(3)14-25-20-13-8-7-12-18(20)19(15-23-4)21(22)24-5/h6-8,11-13,15H,9-10,14H2,1-5H3/b16-6+,17-11+,19-15-. The lowest BCUT2D eigenvalue weighted by atomic mass is 10.1. The molecule has 0 unspecified atom stereocenters. The highest BCUT2D eigenvalue weighted by molar-refractivity contribution is 6.16. The van der Waals surface area contributed by atoms with Crippen LogP contribution in [0.4, 0.5) is 0 Å². The van der Waals surface area contributed by atoms with E-state index in [0.29, 0.717) is 23.5 Å². The number of allylic oxidation sites excluding steroid dienone is 3. The third-order valence-corrected chi connectivity index (χ3v) is 3.80. The molecule has 0 aromatic heterocycles. The molecule has 0 aliphatic carbocycles. The van der Waals surface area contributed by atoms with Crippen LogP contribution in [0.1, 0.15) is 39.2 Å². The van der Waals surface area contributed by atoms with Crippen LogP contribution >= 0.6 is 0 Å². The van der Waals surface area contributed by atoms with Crippen molar-refractivity contribution >= 4 is 11.5 Å². The highest BCUT2D eigenvalue weighted by Crippen LogP contribution is 2.27. The van der Waals surface area contributed by atoms with Crippen LogP contribution in [0.15, 0.2) is 53.8 Å². The van der Waals surface area contributed by atoms with E-state index >= 15 is 0 Å². The van der Waals surface area contributed by atoms with E-state index in [-0.39, 0.29) is 0 Å². The van der Waals surface area contributed by atoms with E-state index in [2.05, 4.69) is 26.0 Å². The van der Waals surface area contributed by atoms with E-state index in [9.17, 15) is 4.79 Å². The van der Waals surface area contributed by atoms with E-state index < -0.39 is 5.97 Å². The Balaban J connectivity index is 2.85. The van der Waals surface area contributed by atoms with Crippen LogP contribution in [0.2, 0.25) is 0 Å². The number of carbonyl (C=O) groups is 1. The minimum Gasteiger partial charge on any atom is -0.503 e. The lowest BCUT2D eigenvalue weighted by Gasteiger charge is -2.13. The molecule has 0 heterocycles. The average Bonchev–Trinajstić information content (AvgIpc) is 2.64. The first-order valence-electron chi connectivity index (χ1n) is 8.34. The molecule has 0 bridgehead atoms. The van der Waals surface area contributed by atoms with Gasteiger partial charge in [-0.25, -0.2) is 4.79 Å². The predicted octanol–water partition coefficient (Wildman–Crippen LogP) is 4.92. The molecule has 0 aliphatic heterocycles. The van der Waals surface area contributed by atoms with Crippen molar-refractivity contribution in [2.24, 2.45) is 0 Å². The Labute approximate surface area is 150 Å². The highest BCUT2D eigenvalue weighted by Gasteiger charge is 2.17. The molecule has 136 valence electrons. The van der Waals surface area contributed by atoms with Gasteiger partial charge in [-0.3, -0.25) is 0 Å². The number of para-hydroxylation sites is 1. The van der Waals surface area contributed by atoms with Gasteiger partial charge in [-0.15, -0.1) is 0 Å². The van der Waals surface area contributed by atoms with Gasteiger partial charge in [0.05, 0.1) is 20.5 Å². The monoisotopic (exact) mass is 344 g/mol. The number of ether oxygens (including phenoxy) is 3. The van der Waals surface area contributed by atoms with E-state index in [0.717, 1.165) is 18.4 Å². The van der Waals surface area contributed by atoms with Crippen molar-refractivity contribution in [3.05, 3.63) is 59.4 Å². The summed E-state index contributed by atoms with van der Waals surface area (Å²) in [4.78, 5) is 12.0. The molecular weight excluding hydrogens is 316 g/mol. The summed E-state index contributed by atoms with van der Waals surface area (Å²) >= 11 is 0. The van der Waals surface area contributed by atoms with Crippen molar-refractivity contribution in [1.29, 1.82) is 0 Å². The molecule has 4 nitrogen and oxygen atoms in total. The van der Waals surface area contributed by atoms with Crippen molar-refractivity contribution in [2.75, 3.05) is 20.8 Å². The molecule has 0 fully saturated rings. The second-order valence-corrected chi connectivity index (χ2v) is 5.77. The summed E-state index contributed by atoms with van der Waals surface area (Å²) in [7, 11) is 2.83. The number of rotatable bonds is 9. The second-order valence-electron chi connectivity index (χ2n) is 5.77. The van der Waals surface area contributed by atoms with Crippen LogP contribution in [0, 0.1) is 0 Å². The Morgan fingerprint density at radius 1 is 1.12 bits per heavy atom. The van der Waals surface area contributed by atoms with Crippen LogP contribution in [-0.2, 0) is 14.3 Å². The first-order valence-corrected chi connectivity index (χ1v) is 8.34. The normalized spacial score (nSPS) is 12.8. The molecule has 4 heteroatoms. The number of hydrogen-bond acceptors (Lipinski definition) is 4. The lowest BCUT2D eigenvalue weighted by molar-refractivity contribution is -0.133. The third kappa shape index (κ3) is 6.87. The first kappa shape index (κ1) is 20.6. The van der Waals surface area contributed by atoms with Crippen LogP contribution in [-0.4, -0.2) is 26.8 Å². The number of hydrogen-bond donors (Lipinski definition) is 0. The summed E-state index contributed by atoms with van der Waals surface area (Å²) in [6.07, 6.45) is 7.72. The maximum Gasteiger partial charge on any atom is 0.341 e. The average molecular weight is 344 g/mol. The van der Waals surface area contributed by atoms with Gasteiger partial charge in [-0.2, -0.15) is 0 Å². The van der Waals surface area contributed by atoms with Gasteiger partial charge in [0.2, 0.25) is 0 Å². The molecule has 0 radical (unpaired) electrons. The van der Waals surface area contributed by atoms with Gasteiger partial charge in [-0.05, 0) is 45.3 Å². The maximum absolute atomic E-state index is 12.0. The molecule has 0 saturated heterocycles. The fourth-order valence-corrected chi connectivity index (χ4v) is 2.21. The van der Waals surface area contributed by atoms with Crippen LogP contribution < -0.4 is 4.74 Å². The minimum atomic E-state index is -0.466. The molecule has 1 aromatic rings. The number of benzene rings is 1. The Hall–Kier alpha value is -2.49. The van der Waals surface area contributed by atoms with Crippen molar-refractivity contribution < 1.29 is 19.0 Å². The smallest absolute Gasteiger partial charge is 0.341 e. The van der Waals surface area contributed by atoms with E-state index in [1.54, 1.807) is 0 Å². The molecule has 0 aliphatic rings. The Morgan fingerprint density at radius 3 is 2.48 bits per heavy atom. The summed E-state index contributed by atoms with van der Waals surface area (Å²) in [6.45, 7) is 6.69. The molecule has 0 atom stereocenters. The first-order chi connectivity index (χ1) is 12.0. The summed E-state index contributed by atoms with van der Waals surface area (Å²) in [6, 6.07) is 7.36. The Bertz CT molecular complexity index is 654. The van der Waals surface area contributed by atoms with Gasteiger partial charge in [0.25, 0.3) is 0 Å². The molecule has 1 aromatic carbocycles. The summed E-state index contributed by atoms with van der Waals surface area (Å²) in [5.41, 5.74) is 3.50. The number of methoxy groups -OCH3 is 2. The molecule has 0 amide bonds. The largest absolute Gasteiger partial charge is 0.503 e. The van der Waals surface area contributed by atoms with E-state index in [1.165, 1.54) is 26.1 Å². The van der Waals surface area contributed by atoms with Crippen molar-refractivity contribution in [3.8, 4) is 5.75 Å². The molecule has 0 saturated carbocycles. The number of esters is 1. The van der Waals surface area contributed by atoms with Crippen molar-refractivity contribution in [1.82, 2.24) is 0 Å². The zero-order chi connectivity index (χ0) is 18.7. The van der Waals surface area contributed by atoms with Gasteiger partial charge >= 0.3 is 5.97 Å². The molecule has 0 spiro atoms. The summed E-state index contributed by atoms with van der Waals surface area (Å²) in [5, 5.41) is 0. The highest BCUT2D eigenvalue weighted by atomic mass is 16.5. The zero-order valence-corrected chi connectivity index (χ0v) is 15.8. The second kappa shape index (κ2) is 11.1. The van der Waals surface area contributed by atoms with Crippen LogP contribution in [0.3, 0.4) is 0 Å². The van der Waals surface area contributed by atoms with Gasteiger partial charge in [0.15, 0.2) is 0 Å². The molecule has 1 rings (SSSR count).